The smallest absolute Gasteiger partial charge is 0.133 e. The van der Waals surface area contributed by atoms with Crippen molar-refractivity contribution in [3.05, 3.63) is 57.6 Å². The molecule has 0 spiro atoms. The third kappa shape index (κ3) is 2.91. The number of rotatable bonds is 3. The third-order valence-electron chi connectivity index (χ3n) is 3.33. The summed E-state index contributed by atoms with van der Waals surface area (Å²) in [5, 5.41) is 0.648. The number of benzene rings is 2. The molecule has 0 aromatic heterocycles. The van der Waals surface area contributed by atoms with E-state index >= 15 is 0 Å². The van der Waals surface area contributed by atoms with E-state index in [1.165, 1.54) is 5.56 Å². The fraction of sp³-hybridized carbons (Fsp3) is 0.250. The summed E-state index contributed by atoms with van der Waals surface area (Å²) in [5.74, 6) is 1.61. The van der Waals surface area contributed by atoms with Crippen molar-refractivity contribution in [1.29, 1.82) is 0 Å². The van der Waals surface area contributed by atoms with Gasteiger partial charge in [-0.25, -0.2) is 0 Å². The van der Waals surface area contributed by atoms with Crippen LogP contribution in [0.15, 0.2) is 30.3 Å². The molecule has 2 nitrogen and oxygen atoms in total. The van der Waals surface area contributed by atoms with Gasteiger partial charge in [-0.05, 0) is 49.6 Å². The monoisotopic (exact) mass is 275 g/mol. The van der Waals surface area contributed by atoms with Gasteiger partial charge in [-0.15, -0.1) is 0 Å². The predicted octanol–water partition coefficient (Wildman–Crippen LogP) is 4.52. The molecule has 0 aliphatic heterocycles. The Hall–Kier alpha value is -1.51. The third-order valence-corrected chi connectivity index (χ3v) is 3.57. The molecule has 0 radical (unpaired) electrons. The standard InChI is InChI=1S/C16H18ClNO/c1-10-4-5-11(2)16(12(10)3)19-15-8-14(17)7-6-13(15)9-18/h4-8H,9,18H2,1-3H3. The van der Waals surface area contributed by atoms with Crippen molar-refractivity contribution in [2.45, 2.75) is 27.3 Å². The summed E-state index contributed by atoms with van der Waals surface area (Å²) in [4.78, 5) is 0. The fourth-order valence-corrected chi connectivity index (χ4v) is 2.15. The molecule has 0 unspecified atom stereocenters. The molecule has 3 heteroatoms. The molecular weight excluding hydrogens is 258 g/mol. The van der Waals surface area contributed by atoms with Crippen LogP contribution in [0.25, 0.3) is 0 Å². The van der Waals surface area contributed by atoms with Crippen molar-refractivity contribution < 1.29 is 4.74 Å². The molecule has 0 saturated carbocycles. The largest absolute Gasteiger partial charge is 0.456 e. The summed E-state index contributed by atoms with van der Waals surface area (Å²) in [6.07, 6.45) is 0. The number of nitrogens with two attached hydrogens (primary N) is 1. The molecule has 100 valence electrons. The molecule has 0 atom stereocenters. The summed E-state index contributed by atoms with van der Waals surface area (Å²) in [7, 11) is 0. The molecule has 0 aliphatic rings. The van der Waals surface area contributed by atoms with E-state index in [0.29, 0.717) is 11.6 Å². The first-order valence-electron chi connectivity index (χ1n) is 6.26. The summed E-state index contributed by atoms with van der Waals surface area (Å²) < 4.78 is 6.06. The van der Waals surface area contributed by atoms with E-state index in [0.717, 1.165) is 28.2 Å². The van der Waals surface area contributed by atoms with Gasteiger partial charge < -0.3 is 10.5 Å². The van der Waals surface area contributed by atoms with E-state index < -0.39 is 0 Å². The van der Waals surface area contributed by atoms with Gasteiger partial charge in [0.25, 0.3) is 0 Å². The first-order chi connectivity index (χ1) is 9.02. The Balaban J connectivity index is 2.47. The van der Waals surface area contributed by atoms with E-state index in [4.69, 9.17) is 22.1 Å². The molecule has 2 aromatic rings. The van der Waals surface area contributed by atoms with E-state index in [-0.39, 0.29) is 0 Å². The summed E-state index contributed by atoms with van der Waals surface area (Å²) in [5.41, 5.74) is 10.1. The fourth-order valence-electron chi connectivity index (χ4n) is 1.98. The average molecular weight is 276 g/mol. The maximum absolute atomic E-state index is 6.06. The quantitative estimate of drug-likeness (QED) is 0.894. The van der Waals surface area contributed by atoms with Gasteiger partial charge in [0.2, 0.25) is 0 Å². The molecule has 0 saturated heterocycles. The van der Waals surface area contributed by atoms with Crippen LogP contribution in [0.2, 0.25) is 5.02 Å². The molecule has 2 aromatic carbocycles. The maximum Gasteiger partial charge on any atom is 0.133 e. The average Bonchev–Trinajstić information content (AvgIpc) is 2.39. The minimum atomic E-state index is 0.427. The Morgan fingerprint density at radius 3 is 2.42 bits per heavy atom. The molecule has 2 rings (SSSR count). The summed E-state index contributed by atoms with van der Waals surface area (Å²) in [6, 6.07) is 9.69. The van der Waals surface area contributed by atoms with Gasteiger partial charge in [0.15, 0.2) is 0 Å². The lowest BCUT2D eigenvalue weighted by molar-refractivity contribution is 0.468. The van der Waals surface area contributed by atoms with Crippen LogP contribution in [0, 0.1) is 20.8 Å². The van der Waals surface area contributed by atoms with Crippen LogP contribution in [0.3, 0.4) is 0 Å². The maximum atomic E-state index is 6.06. The van der Waals surface area contributed by atoms with Crippen molar-refractivity contribution in [3.8, 4) is 11.5 Å². The van der Waals surface area contributed by atoms with E-state index in [2.05, 4.69) is 26.0 Å². The number of ether oxygens (including phenoxy) is 1. The first-order valence-corrected chi connectivity index (χ1v) is 6.64. The predicted molar refractivity (Wildman–Crippen MR) is 80.1 cm³/mol. The second-order valence-corrected chi connectivity index (χ2v) is 5.15. The highest BCUT2D eigenvalue weighted by Gasteiger charge is 2.10. The van der Waals surface area contributed by atoms with Crippen LogP contribution in [-0.4, -0.2) is 0 Å². The van der Waals surface area contributed by atoms with Crippen LogP contribution < -0.4 is 10.5 Å². The Morgan fingerprint density at radius 2 is 1.74 bits per heavy atom. The van der Waals surface area contributed by atoms with Crippen LogP contribution in [-0.2, 0) is 6.54 Å². The number of hydrogen-bond acceptors (Lipinski definition) is 2. The first kappa shape index (κ1) is 13.9. The Kier molecular flexibility index (Phi) is 4.13. The van der Waals surface area contributed by atoms with E-state index in [1.54, 1.807) is 0 Å². The zero-order valence-electron chi connectivity index (χ0n) is 11.5. The topological polar surface area (TPSA) is 35.2 Å². The number of hydrogen-bond donors (Lipinski definition) is 1. The second-order valence-electron chi connectivity index (χ2n) is 4.71. The molecule has 0 bridgehead atoms. The number of halogens is 1. The van der Waals surface area contributed by atoms with E-state index in [1.807, 2.05) is 25.1 Å². The molecule has 0 fully saturated rings. The highest BCUT2D eigenvalue weighted by Crippen LogP contribution is 2.33. The van der Waals surface area contributed by atoms with Crippen LogP contribution >= 0.6 is 11.6 Å². The van der Waals surface area contributed by atoms with Crippen LogP contribution in [0.4, 0.5) is 0 Å². The van der Waals surface area contributed by atoms with Crippen LogP contribution in [0.1, 0.15) is 22.3 Å². The molecule has 0 amide bonds. The highest BCUT2D eigenvalue weighted by molar-refractivity contribution is 6.30. The summed E-state index contributed by atoms with van der Waals surface area (Å²) >= 11 is 6.03. The molecule has 0 heterocycles. The Morgan fingerprint density at radius 1 is 1.05 bits per heavy atom. The molecule has 19 heavy (non-hydrogen) atoms. The van der Waals surface area contributed by atoms with E-state index in [9.17, 15) is 0 Å². The van der Waals surface area contributed by atoms with Crippen molar-refractivity contribution >= 4 is 11.6 Å². The number of aryl methyl sites for hydroxylation is 2. The lowest BCUT2D eigenvalue weighted by atomic mass is 10.1. The summed E-state index contributed by atoms with van der Waals surface area (Å²) in [6.45, 7) is 6.60. The lowest BCUT2D eigenvalue weighted by Gasteiger charge is -2.16. The lowest BCUT2D eigenvalue weighted by Crippen LogP contribution is -2.01. The Bertz CT molecular complexity index is 608. The van der Waals surface area contributed by atoms with Crippen molar-refractivity contribution in [2.24, 2.45) is 5.73 Å². The van der Waals surface area contributed by atoms with Gasteiger partial charge in [0, 0.05) is 17.1 Å². The van der Waals surface area contributed by atoms with Gasteiger partial charge in [0.1, 0.15) is 11.5 Å². The van der Waals surface area contributed by atoms with Gasteiger partial charge in [-0.3, -0.25) is 0 Å². The van der Waals surface area contributed by atoms with Gasteiger partial charge in [-0.2, -0.15) is 0 Å². The van der Waals surface area contributed by atoms with Gasteiger partial charge in [-0.1, -0.05) is 29.8 Å². The molecule has 0 aliphatic carbocycles. The Labute approximate surface area is 119 Å². The minimum Gasteiger partial charge on any atom is -0.456 e. The van der Waals surface area contributed by atoms with Crippen molar-refractivity contribution in [2.75, 3.05) is 0 Å². The van der Waals surface area contributed by atoms with Gasteiger partial charge >= 0.3 is 0 Å². The van der Waals surface area contributed by atoms with Crippen LogP contribution in [0.5, 0.6) is 11.5 Å². The second kappa shape index (κ2) is 5.64. The van der Waals surface area contributed by atoms with Crippen molar-refractivity contribution in [1.82, 2.24) is 0 Å². The molecular formula is C16H18ClNO. The van der Waals surface area contributed by atoms with Crippen molar-refractivity contribution in [3.63, 3.8) is 0 Å². The zero-order valence-corrected chi connectivity index (χ0v) is 12.2. The normalized spacial score (nSPS) is 10.6. The highest BCUT2D eigenvalue weighted by atomic mass is 35.5. The SMILES string of the molecule is Cc1ccc(C)c(Oc2cc(Cl)ccc2CN)c1C. The molecule has 2 N–H and O–H groups in total. The minimum absolute atomic E-state index is 0.427. The van der Waals surface area contributed by atoms with Gasteiger partial charge in [0.05, 0.1) is 0 Å². The zero-order chi connectivity index (χ0) is 14.0.